The van der Waals surface area contributed by atoms with Crippen molar-refractivity contribution >= 4 is 28.6 Å². The van der Waals surface area contributed by atoms with Crippen LogP contribution in [0.1, 0.15) is 51.9 Å². The number of hydrogen-bond acceptors (Lipinski definition) is 14. The SMILES string of the molecule is CCCCCCCCC(=O)OCCOCCOCCOCCOCCOCCOCCOCCOCCOCCOCCOCCOCCI. The molecule has 0 heterocycles. The first-order chi connectivity index (χ1) is 24.8. The van der Waals surface area contributed by atoms with Crippen LogP contribution in [0.2, 0.25) is 0 Å². The van der Waals surface area contributed by atoms with E-state index in [0.717, 1.165) is 23.9 Å². The molecule has 0 aromatic rings. The van der Waals surface area contributed by atoms with Gasteiger partial charge in [0.05, 0.1) is 159 Å². The Hall–Kier alpha value is -0.280. The number of carbonyl (C=O) groups excluding carboxylic acids is 1. The predicted molar refractivity (Wildman–Crippen MR) is 198 cm³/mol. The van der Waals surface area contributed by atoms with Crippen LogP contribution in [0.4, 0.5) is 0 Å². The lowest BCUT2D eigenvalue weighted by Crippen LogP contribution is -2.15. The molecule has 0 aliphatic heterocycles. The van der Waals surface area contributed by atoms with E-state index in [4.69, 9.17) is 61.6 Å². The quantitative estimate of drug-likeness (QED) is 0.0379. The molecular formula is C35H69IO14. The summed E-state index contributed by atoms with van der Waals surface area (Å²) in [7, 11) is 0. The van der Waals surface area contributed by atoms with Crippen LogP contribution in [0.15, 0.2) is 0 Å². The number of ether oxygens (including phenoxy) is 13. The highest BCUT2D eigenvalue weighted by molar-refractivity contribution is 14.1. The number of carbonyl (C=O) groups is 1. The number of halogens is 1. The number of unbranched alkanes of at least 4 members (excludes halogenated alkanes) is 5. The number of hydrogen-bond donors (Lipinski definition) is 0. The minimum Gasteiger partial charge on any atom is -0.463 e. The Balaban J connectivity index is 3.09. The van der Waals surface area contributed by atoms with Gasteiger partial charge in [-0.25, -0.2) is 0 Å². The van der Waals surface area contributed by atoms with Gasteiger partial charge in [-0.3, -0.25) is 4.79 Å². The van der Waals surface area contributed by atoms with Crippen molar-refractivity contribution in [3.63, 3.8) is 0 Å². The van der Waals surface area contributed by atoms with Gasteiger partial charge in [0.1, 0.15) is 6.61 Å². The molecule has 300 valence electrons. The molecule has 0 amide bonds. The van der Waals surface area contributed by atoms with Crippen molar-refractivity contribution in [3.05, 3.63) is 0 Å². The standard InChI is InChI=1S/C35H69IO14/c1-2-3-4-5-6-7-8-35(37)50-34-33-49-32-31-48-30-29-47-28-27-46-26-25-45-24-23-44-22-21-43-20-19-42-18-17-41-16-15-40-14-13-39-12-11-38-10-9-36/h2-34H2,1H3. The van der Waals surface area contributed by atoms with E-state index in [1.54, 1.807) is 0 Å². The maximum absolute atomic E-state index is 11.7. The fraction of sp³-hybridized carbons (Fsp3) is 0.971. The lowest BCUT2D eigenvalue weighted by molar-refractivity contribution is -0.145. The van der Waals surface area contributed by atoms with Gasteiger partial charge < -0.3 is 61.6 Å². The molecule has 0 saturated heterocycles. The van der Waals surface area contributed by atoms with Crippen molar-refractivity contribution in [2.75, 3.05) is 170 Å². The normalized spacial score (nSPS) is 11.5. The van der Waals surface area contributed by atoms with E-state index in [9.17, 15) is 4.79 Å². The highest BCUT2D eigenvalue weighted by Crippen LogP contribution is 2.07. The highest BCUT2D eigenvalue weighted by Gasteiger charge is 2.03. The van der Waals surface area contributed by atoms with Gasteiger partial charge in [-0.2, -0.15) is 0 Å². The largest absolute Gasteiger partial charge is 0.463 e. The third kappa shape index (κ3) is 45.7. The summed E-state index contributed by atoms with van der Waals surface area (Å²) < 4.78 is 71.6. The summed E-state index contributed by atoms with van der Waals surface area (Å²) >= 11 is 2.28. The summed E-state index contributed by atoms with van der Waals surface area (Å²) in [5.74, 6) is -0.144. The van der Waals surface area contributed by atoms with Gasteiger partial charge in [-0.15, -0.1) is 0 Å². The van der Waals surface area contributed by atoms with E-state index >= 15 is 0 Å². The van der Waals surface area contributed by atoms with Gasteiger partial charge in [0.25, 0.3) is 0 Å². The zero-order chi connectivity index (χ0) is 36.1. The van der Waals surface area contributed by atoms with Crippen LogP contribution in [-0.2, 0) is 66.4 Å². The van der Waals surface area contributed by atoms with Crippen LogP contribution < -0.4 is 0 Å². The Morgan fingerprint density at radius 2 is 0.580 bits per heavy atom. The van der Waals surface area contributed by atoms with E-state index in [0.29, 0.717) is 158 Å². The smallest absolute Gasteiger partial charge is 0.305 e. The fourth-order valence-corrected chi connectivity index (χ4v) is 4.22. The van der Waals surface area contributed by atoms with Gasteiger partial charge in [0.2, 0.25) is 0 Å². The number of alkyl halides is 1. The fourth-order valence-electron chi connectivity index (χ4n) is 3.91. The molecule has 0 aromatic carbocycles. The lowest BCUT2D eigenvalue weighted by Gasteiger charge is -2.09. The van der Waals surface area contributed by atoms with E-state index in [1.165, 1.54) is 25.7 Å². The van der Waals surface area contributed by atoms with E-state index in [-0.39, 0.29) is 12.6 Å². The second kappa shape index (κ2) is 46.7. The molecule has 15 heteroatoms. The summed E-state index contributed by atoms with van der Waals surface area (Å²) in [4.78, 5) is 11.7. The molecule has 50 heavy (non-hydrogen) atoms. The zero-order valence-electron chi connectivity index (χ0n) is 30.9. The average Bonchev–Trinajstić information content (AvgIpc) is 3.12. The molecule has 0 rings (SSSR count). The molecule has 0 unspecified atom stereocenters. The Labute approximate surface area is 315 Å². The van der Waals surface area contributed by atoms with Gasteiger partial charge in [0.15, 0.2) is 0 Å². The maximum Gasteiger partial charge on any atom is 0.305 e. The summed E-state index contributed by atoms with van der Waals surface area (Å²) in [6.07, 6.45) is 7.42. The number of esters is 1. The van der Waals surface area contributed by atoms with Crippen molar-refractivity contribution in [3.8, 4) is 0 Å². The molecule has 0 aromatic heterocycles. The Morgan fingerprint density at radius 3 is 0.860 bits per heavy atom. The summed E-state index contributed by atoms with van der Waals surface area (Å²) in [6, 6.07) is 0. The first-order valence-corrected chi connectivity index (χ1v) is 20.0. The molecular weight excluding hydrogens is 771 g/mol. The second-order valence-electron chi connectivity index (χ2n) is 10.8. The second-order valence-corrected chi connectivity index (χ2v) is 11.9. The lowest BCUT2D eigenvalue weighted by atomic mass is 10.1. The van der Waals surface area contributed by atoms with Gasteiger partial charge >= 0.3 is 5.97 Å². The van der Waals surface area contributed by atoms with Crippen molar-refractivity contribution in [2.24, 2.45) is 0 Å². The van der Waals surface area contributed by atoms with Crippen LogP contribution in [0, 0.1) is 0 Å². The molecule has 0 aliphatic rings. The monoisotopic (exact) mass is 840 g/mol. The molecule has 0 radical (unpaired) electrons. The van der Waals surface area contributed by atoms with Crippen molar-refractivity contribution in [1.82, 2.24) is 0 Å². The van der Waals surface area contributed by atoms with Gasteiger partial charge in [-0.05, 0) is 6.42 Å². The molecule has 0 saturated carbocycles. The first-order valence-electron chi connectivity index (χ1n) is 18.5. The first kappa shape index (κ1) is 49.7. The Morgan fingerprint density at radius 1 is 0.340 bits per heavy atom. The predicted octanol–water partition coefficient (Wildman–Crippen LogP) is 3.91. The molecule has 0 N–H and O–H groups in total. The van der Waals surface area contributed by atoms with Crippen LogP contribution in [-0.4, -0.2) is 176 Å². The highest BCUT2D eigenvalue weighted by atomic mass is 127. The summed E-state index contributed by atoms with van der Waals surface area (Å²) in [5, 5.41) is 0. The minimum absolute atomic E-state index is 0.144. The topological polar surface area (TPSA) is 137 Å². The number of rotatable bonds is 45. The Kier molecular flexibility index (Phi) is 46.5. The zero-order valence-corrected chi connectivity index (χ0v) is 33.1. The van der Waals surface area contributed by atoms with Gasteiger partial charge in [0, 0.05) is 10.8 Å². The molecule has 0 atom stereocenters. The summed E-state index contributed by atoms with van der Waals surface area (Å²) in [6.45, 7) is 15.0. The van der Waals surface area contributed by atoms with Crippen molar-refractivity contribution in [1.29, 1.82) is 0 Å². The van der Waals surface area contributed by atoms with Crippen LogP contribution in [0.5, 0.6) is 0 Å². The molecule has 14 nitrogen and oxygen atoms in total. The van der Waals surface area contributed by atoms with Crippen LogP contribution in [0.3, 0.4) is 0 Å². The van der Waals surface area contributed by atoms with E-state index < -0.39 is 0 Å². The molecule has 0 spiro atoms. The van der Waals surface area contributed by atoms with Crippen LogP contribution in [0.25, 0.3) is 0 Å². The third-order valence-corrected chi connectivity index (χ3v) is 6.98. The maximum atomic E-state index is 11.7. The van der Waals surface area contributed by atoms with Gasteiger partial charge in [-0.1, -0.05) is 61.6 Å². The average molecular weight is 841 g/mol. The Bertz CT molecular complexity index is 638. The van der Waals surface area contributed by atoms with Crippen molar-refractivity contribution in [2.45, 2.75) is 51.9 Å². The minimum atomic E-state index is -0.144. The third-order valence-electron chi connectivity index (χ3n) is 6.54. The molecule has 0 bridgehead atoms. The van der Waals surface area contributed by atoms with Crippen LogP contribution >= 0.6 is 22.6 Å². The molecule has 0 fully saturated rings. The van der Waals surface area contributed by atoms with E-state index in [2.05, 4.69) is 29.5 Å². The summed E-state index contributed by atoms with van der Waals surface area (Å²) in [5.41, 5.74) is 0. The molecule has 0 aliphatic carbocycles. The van der Waals surface area contributed by atoms with E-state index in [1.807, 2.05) is 0 Å². The van der Waals surface area contributed by atoms with Crippen molar-refractivity contribution < 1.29 is 66.4 Å².